The molecular weight excluding hydrogens is 1500 g/mol. The number of para-hydroxylation sites is 4. The van der Waals surface area contributed by atoms with Crippen LogP contribution >= 0.6 is 0 Å². The van der Waals surface area contributed by atoms with Gasteiger partial charge in [0.15, 0.2) is 0 Å². The molecule has 0 amide bonds. The van der Waals surface area contributed by atoms with Gasteiger partial charge in [-0.1, -0.05) is 364 Å². The molecule has 21 aromatic carbocycles. The molecule has 0 unspecified atom stereocenters. The van der Waals surface area contributed by atoms with Crippen LogP contribution < -0.4 is 0 Å². The van der Waals surface area contributed by atoms with Gasteiger partial charge in [0.1, 0.15) is 0 Å². The second-order valence-electron chi connectivity index (χ2n) is 32.2. The Kier molecular flexibility index (Phi) is 17.2. The van der Waals surface area contributed by atoms with Gasteiger partial charge < -0.3 is 9.13 Å². The maximum atomic E-state index is 5.43. The van der Waals surface area contributed by atoms with E-state index in [1.165, 1.54) is 126 Å². The summed E-state index contributed by atoms with van der Waals surface area (Å²) in [5.74, 6) is 0. The van der Waals surface area contributed by atoms with Crippen LogP contribution in [-0.4, -0.2) is 29.1 Å². The van der Waals surface area contributed by atoms with Crippen molar-refractivity contribution in [2.24, 2.45) is 0 Å². The highest BCUT2D eigenvalue weighted by molar-refractivity contribution is 6.32. The second kappa shape index (κ2) is 29.8. The van der Waals surface area contributed by atoms with E-state index in [-0.39, 0.29) is 0 Å². The third kappa shape index (κ3) is 12.1. The van der Waals surface area contributed by atoms with Crippen LogP contribution in [0.2, 0.25) is 0 Å². The molecule has 6 nitrogen and oxygen atoms in total. The van der Waals surface area contributed by atoms with Gasteiger partial charge in [-0.05, 0) is 194 Å². The summed E-state index contributed by atoms with van der Waals surface area (Å²) in [6.07, 6.45) is 0. The lowest BCUT2D eigenvalue weighted by atomic mass is 9.92. The molecule has 0 aliphatic carbocycles. The van der Waals surface area contributed by atoms with Crippen LogP contribution in [0.25, 0.3) is 242 Å². The molecule has 6 heteroatoms. The van der Waals surface area contributed by atoms with E-state index in [9.17, 15) is 0 Å². The van der Waals surface area contributed by atoms with Crippen LogP contribution in [0.4, 0.5) is 0 Å². The first-order valence-electron chi connectivity index (χ1n) is 42.4. The van der Waals surface area contributed by atoms with E-state index < -0.39 is 0 Å². The van der Waals surface area contributed by atoms with E-state index >= 15 is 0 Å². The van der Waals surface area contributed by atoms with Crippen LogP contribution in [0.5, 0.6) is 0 Å². The van der Waals surface area contributed by atoms with Crippen molar-refractivity contribution in [3.63, 3.8) is 0 Å². The number of benzene rings is 21. The highest BCUT2D eigenvalue weighted by Gasteiger charge is 2.26. The largest absolute Gasteiger partial charge is 0.309 e. The van der Waals surface area contributed by atoms with Gasteiger partial charge in [0.2, 0.25) is 0 Å². The number of rotatable bonds is 11. The molecule has 0 radical (unpaired) electrons. The average molecular weight is 1580 g/mol. The van der Waals surface area contributed by atoms with E-state index in [2.05, 4.69) is 434 Å². The Labute approximate surface area is 715 Å². The summed E-state index contributed by atoms with van der Waals surface area (Å²) in [5, 5.41) is 19.6. The monoisotopic (exact) mass is 1570 g/mol. The first kappa shape index (κ1) is 71.6. The molecule has 0 spiro atoms. The van der Waals surface area contributed by atoms with Crippen molar-refractivity contribution in [3.8, 4) is 112 Å². The van der Waals surface area contributed by atoms with E-state index in [0.717, 1.165) is 117 Å². The summed E-state index contributed by atoms with van der Waals surface area (Å²) >= 11 is 0. The zero-order valence-electron chi connectivity index (χ0n) is 67.4. The molecule has 0 fully saturated rings. The highest BCUT2D eigenvalue weighted by atomic mass is 15.0. The minimum Gasteiger partial charge on any atom is -0.309 e. The Bertz CT molecular complexity index is 8440. The van der Waals surface area contributed by atoms with E-state index in [4.69, 9.17) is 19.9 Å². The fourth-order valence-corrected chi connectivity index (χ4v) is 19.4. The third-order valence-corrected chi connectivity index (χ3v) is 25.1. The summed E-state index contributed by atoms with van der Waals surface area (Å²) in [5.41, 5.74) is 29.8. The Morgan fingerprint density at radius 3 is 0.895 bits per heavy atom. The standard InChI is InChI=1S/C62H39N3.C56H35N3/c1-3-15-40(16-4-1)46-37-47(41-17-5-2-6-18-41)39-48(38-46)42-29-31-45(32-30-42)61-62(64-55-27-12-11-26-54(55)63-61)53-25-13-24-52-51(53)23-14-28-56(52)65-57-35-33-43-19-7-9-21-49(43)59(57)60-50-22-10-8-20-44(50)34-36-58(60)65;1-3-16-36(17-4-1)39-21-13-22-40(34-39)55-56(58-49-30-12-11-29-48(49)57-55)46-28-14-27-44-42(46)26-15-31-50(44)59-51-33-32-38-20-7-8-23-41(38)53(51)54-45-25-10-9-24-43(45)47(35-52(54)59)37-18-5-2-6-19-37/h1-39H;1-35H. The van der Waals surface area contributed by atoms with Gasteiger partial charge >= 0.3 is 0 Å². The zero-order valence-corrected chi connectivity index (χ0v) is 67.4. The quantitative estimate of drug-likeness (QED) is 0.129. The fourth-order valence-electron chi connectivity index (χ4n) is 19.4. The maximum absolute atomic E-state index is 5.43. The van der Waals surface area contributed by atoms with Gasteiger partial charge in [-0.3, -0.25) is 0 Å². The summed E-state index contributed by atoms with van der Waals surface area (Å²) in [6.45, 7) is 0. The molecule has 25 aromatic rings. The van der Waals surface area contributed by atoms with Crippen molar-refractivity contribution in [2.75, 3.05) is 0 Å². The van der Waals surface area contributed by atoms with Crippen molar-refractivity contribution in [1.82, 2.24) is 29.1 Å². The Hall–Kier alpha value is -16.5. The van der Waals surface area contributed by atoms with Crippen molar-refractivity contribution in [2.45, 2.75) is 0 Å². The van der Waals surface area contributed by atoms with E-state index in [1.54, 1.807) is 0 Å². The highest BCUT2D eigenvalue weighted by Crippen LogP contribution is 2.49. The minimum absolute atomic E-state index is 0.853. The topological polar surface area (TPSA) is 61.4 Å². The van der Waals surface area contributed by atoms with Gasteiger partial charge in [0.05, 0.1) is 78.3 Å². The van der Waals surface area contributed by atoms with Crippen molar-refractivity contribution in [1.29, 1.82) is 0 Å². The molecule has 0 saturated heterocycles. The number of hydrogen-bond donors (Lipinski definition) is 0. The molecule has 25 rings (SSSR count). The number of hydrogen-bond acceptors (Lipinski definition) is 4. The summed E-state index contributed by atoms with van der Waals surface area (Å²) < 4.78 is 4.97. The van der Waals surface area contributed by atoms with Gasteiger partial charge in [-0.25, -0.2) is 19.9 Å². The first-order chi connectivity index (χ1) is 61.5. The lowest BCUT2D eigenvalue weighted by molar-refractivity contribution is 1.20. The lowest BCUT2D eigenvalue weighted by Crippen LogP contribution is -1.99. The van der Waals surface area contributed by atoms with Crippen LogP contribution in [0.1, 0.15) is 0 Å². The van der Waals surface area contributed by atoms with E-state index in [0.29, 0.717) is 0 Å². The first-order valence-corrected chi connectivity index (χ1v) is 42.4. The fraction of sp³-hybridized carbons (Fsp3) is 0. The number of aromatic nitrogens is 6. The predicted octanol–water partition coefficient (Wildman–Crippen LogP) is 31.4. The molecule has 0 atom stereocenters. The van der Waals surface area contributed by atoms with E-state index in [1.807, 2.05) is 24.3 Å². The summed E-state index contributed by atoms with van der Waals surface area (Å²) in [7, 11) is 0. The van der Waals surface area contributed by atoms with Crippen molar-refractivity contribution < 1.29 is 0 Å². The Balaban J connectivity index is 0.000000140. The third-order valence-electron chi connectivity index (χ3n) is 25.1. The number of fused-ring (bicyclic) bond motifs is 18. The summed E-state index contributed by atoms with van der Waals surface area (Å²) in [6, 6.07) is 161. The van der Waals surface area contributed by atoms with Gasteiger partial charge in [0.25, 0.3) is 0 Å². The van der Waals surface area contributed by atoms with Gasteiger partial charge in [-0.15, -0.1) is 0 Å². The molecule has 0 bridgehead atoms. The molecule has 0 aliphatic rings. The molecule has 0 saturated carbocycles. The maximum Gasteiger partial charge on any atom is 0.0979 e. The van der Waals surface area contributed by atoms with Crippen LogP contribution in [0, 0.1) is 0 Å². The van der Waals surface area contributed by atoms with Crippen molar-refractivity contribution in [3.05, 3.63) is 449 Å². The van der Waals surface area contributed by atoms with Crippen LogP contribution in [-0.2, 0) is 0 Å². The molecule has 576 valence electrons. The average Bonchev–Trinajstić information content (AvgIpc) is 1.55. The lowest BCUT2D eigenvalue weighted by Gasteiger charge is -2.17. The van der Waals surface area contributed by atoms with Gasteiger partial charge in [-0.2, -0.15) is 0 Å². The molecular formula is C118H74N6. The smallest absolute Gasteiger partial charge is 0.0979 e. The Morgan fingerprint density at radius 1 is 0.145 bits per heavy atom. The second-order valence-corrected chi connectivity index (χ2v) is 32.2. The normalized spacial score (nSPS) is 11.7. The Morgan fingerprint density at radius 2 is 0.435 bits per heavy atom. The minimum atomic E-state index is 0.853. The molecule has 4 aromatic heterocycles. The molecule has 0 N–H and O–H groups in total. The number of nitrogens with zero attached hydrogens (tertiary/aromatic N) is 6. The molecule has 0 aliphatic heterocycles. The van der Waals surface area contributed by atoms with Gasteiger partial charge in [0, 0.05) is 54.6 Å². The molecule has 124 heavy (non-hydrogen) atoms. The summed E-state index contributed by atoms with van der Waals surface area (Å²) in [4.78, 5) is 21.6. The molecule has 4 heterocycles. The SMILES string of the molecule is c1ccc(-c2cc(-c3ccccc3)cc(-c3ccc(-c4nc5ccccc5nc4-c4cccc5c(-n6c7ccc8ccccc8c7c7c8ccccc8ccc76)cccc45)cc3)c2)cc1.c1ccc(-c2cccc(-c3nc4ccccc4nc3-c3cccc4c(-n5c6ccc7ccccc7c6c6c7ccccc7c(-c7ccccc7)cc65)cccc34)c2)cc1. The predicted molar refractivity (Wildman–Crippen MR) is 522 cm³/mol. The van der Waals surface area contributed by atoms with Crippen LogP contribution in [0.3, 0.4) is 0 Å². The zero-order chi connectivity index (χ0) is 81.7. The van der Waals surface area contributed by atoms with Crippen molar-refractivity contribution >= 4 is 130 Å². The van der Waals surface area contributed by atoms with Crippen LogP contribution in [0.15, 0.2) is 449 Å².